The Morgan fingerprint density at radius 1 is 1.32 bits per heavy atom. The number of benzene rings is 1. The number of nitrogens with zero attached hydrogens (tertiary/aromatic N) is 4. The van der Waals surface area contributed by atoms with Gasteiger partial charge in [0.1, 0.15) is 0 Å². The molecule has 28 heavy (non-hydrogen) atoms. The van der Waals surface area contributed by atoms with E-state index in [1.165, 1.54) is 0 Å². The molecule has 1 aromatic carbocycles. The van der Waals surface area contributed by atoms with Gasteiger partial charge in [0.25, 0.3) is 0 Å². The number of rotatable bonds is 5. The Kier molecular flexibility index (Phi) is 7.72. The van der Waals surface area contributed by atoms with E-state index in [1.807, 2.05) is 31.5 Å². The molecule has 0 saturated carbocycles. The van der Waals surface area contributed by atoms with Crippen molar-refractivity contribution >= 4 is 50.8 Å². The molecule has 3 rings (SSSR count). The van der Waals surface area contributed by atoms with E-state index in [2.05, 4.69) is 25.8 Å². The van der Waals surface area contributed by atoms with Crippen LogP contribution < -0.4 is 5.32 Å². The van der Waals surface area contributed by atoms with Crippen molar-refractivity contribution in [1.29, 1.82) is 0 Å². The summed E-state index contributed by atoms with van der Waals surface area (Å²) < 4.78 is 25.9. The van der Waals surface area contributed by atoms with E-state index in [0.717, 1.165) is 36.5 Å². The Balaban J connectivity index is 0.00000280. The van der Waals surface area contributed by atoms with Crippen molar-refractivity contribution < 1.29 is 8.42 Å². The van der Waals surface area contributed by atoms with Crippen LogP contribution in [0.5, 0.6) is 0 Å². The van der Waals surface area contributed by atoms with Crippen molar-refractivity contribution in [1.82, 2.24) is 19.8 Å². The lowest BCUT2D eigenvalue weighted by atomic mass is 10.2. The fourth-order valence-corrected chi connectivity index (χ4v) is 4.73. The minimum Gasteiger partial charge on any atom is -0.357 e. The second-order valence-corrected chi connectivity index (χ2v) is 10.3. The number of guanidine groups is 1. The highest BCUT2D eigenvalue weighted by atomic mass is 127. The summed E-state index contributed by atoms with van der Waals surface area (Å²) in [6.07, 6.45) is 2.77. The van der Waals surface area contributed by atoms with E-state index >= 15 is 0 Å². The molecule has 7 nitrogen and oxygen atoms in total. The molecule has 1 aliphatic rings. The zero-order chi connectivity index (χ0) is 19.5. The smallest absolute Gasteiger partial charge is 0.193 e. The largest absolute Gasteiger partial charge is 0.357 e. The molecule has 0 bridgehead atoms. The normalized spacial score (nSPS) is 18.7. The topological polar surface area (TPSA) is 79.6 Å². The summed E-state index contributed by atoms with van der Waals surface area (Å²) >= 11 is 0. The number of hydrogen-bond acceptors (Lipinski definition) is 4. The van der Waals surface area contributed by atoms with E-state index < -0.39 is 14.6 Å². The quantitative estimate of drug-likeness (QED) is 0.284. The Morgan fingerprint density at radius 3 is 2.79 bits per heavy atom. The molecule has 1 N–H and O–H groups in total. The van der Waals surface area contributed by atoms with Gasteiger partial charge in [0.05, 0.1) is 27.9 Å². The van der Waals surface area contributed by atoms with Gasteiger partial charge in [0.15, 0.2) is 15.8 Å². The predicted octanol–water partition coefficient (Wildman–Crippen LogP) is 2.52. The van der Waals surface area contributed by atoms with Gasteiger partial charge in [-0.15, -0.1) is 24.0 Å². The summed E-state index contributed by atoms with van der Waals surface area (Å²) in [4.78, 5) is 11.2. The lowest BCUT2D eigenvalue weighted by molar-refractivity contribution is 0.353. The molecule has 0 radical (unpaired) electrons. The molecule has 0 unspecified atom stereocenters. The fraction of sp³-hybridized carbons (Fsp3) is 0.579. The molecule has 156 valence electrons. The summed E-state index contributed by atoms with van der Waals surface area (Å²) in [5, 5.41) is 3.30. The maximum absolute atomic E-state index is 12.2. The van der Waals surface area contributed by atoms with Gasteiger partial charge in [-0.05, 0) is 39.3 Å². The van der Waals surface area contributed by atoms with Gasteiger partial charge in [0.2, 0.25) is 0 Å². The van der Waals surface area contributed by atoms with E-state index in [0.29, 0.717) is 19.6 Å². The summed E-state index contributed by atoms with van der Waals surface area (Å²) in [5.41, 5.74) is 2.14. The van der Waals surface area contributed by atoms with Crippen molar-refractivity contribution in [2.45, 2.75) is 38.5 Å². The first-order valence-corrected chi connectivity index (χ1v) is 11.1. The van der Waals surface area contributed by atoms with Crippen LogP contribution in [-0.4, -0.2) is 65.5 Å². The third-order valence-corrected chi connectivity index (χ3v) is 7.56. The average Bonchev–Trinajstić information content (AvgIpc) is 3.03. The highest BCUT2D eigenvalue weighted by Gasteiger charge is 2.40. The number of sulfone groups is 1. The maximum atomic E-state index is 12.2. The standard InChI is InChI=1S/C19H29N5O2S.HI/c1-4-20-18(23-12-13-27(25,26)19(2,3)14-23)21-10-7-11-24-15-22-16-8-5-6-9-17(16)24;/h5-6,8-9,15H,4,7,10-14H2,1-3H3,(H,20,21);1H. The molecule has 0 aliphatic carbocycles. The first-order valence-electron chi connectivity index (χ1n) is 9.49. The second kappa shape index (κ2) is 9.43. The molecule has 1 fully saturated rings. The number of imidazole rings is 1. The molecule has 1 aromatic heterocycles. The van der Waals surface area contributed by atoms with Gasteiger partial charge in [-0.2, -0.15) is 0 Å². The monoisotopic (exact) mass is 519 g/mol. The van der Waals surface area contributed by atoms with Crippen molar-refractivity contribution in [3.8, 4) is 0 Å². The molecule has 2 heterocycles. The minimum atomic E-state index is -3.05. The van der Waals surface area contributed by atoms with Crippen LogP contribution in [0.4, 0.5) is 0 Å². The van der Waals surface area contributed by atoms with E-state index in [1.54, 1.807) is 13.8 Å². The lowest BCUT2D eigenvalue weighted by Crippen LogP contribution is -2.57. The van der Waals surface area contributed by atoms with Crippen LogP contribution in [0.2, 0.25) is 0 Å². The Labute approximate surface area is 184 Å². The Hall–Kier alpha value is -1.36. The number of aromatic nitrogens is 2. The maximum Gasteiger partial charge on any atom is 0.193 e. The number of para-hydroxylation sites is 2. The number of hydrogen-bond donors (Lipinski definition) is 1. The van der Waals surface area contributed by atoms with Crippen LogP contribution in [-0.2, 0) is 16.4 Å². The highest BCUT2D eigenvalue weighted by Crippen LogP contribution is 2.23. The van der Waals surface area contributed by atoms with Gasteiger partial charge in [-0.1, -0.05) is 12.1 Å². The van der Waals surface area contributed by atoms with Crippen LogP contribution in [0.15, 0.2) is 35.6 Å². The molecular weight excluding hydrogens is 489 g/mol. The van der Waals surface area contributed by atoms with Crippen LogP contribution in [0, 0.1) is 0 Å². The zero-order valence-electron chi connectivity index (χ0n) is 16.8. The summed E-state index contributed by atoms with van der Waals surface area (Å²) in [6.45, 7) is 8.86. The van der Waals surface area contributed by atoms with Crippen molar-refractivity contribution in [3.63, 3.8) is 0 Å². The summed E-state index contributed by atoms with van der Waals surface area (Å²) in [7, 11) is -3.05. The van der Waals surface area contributed by atoms with Gasteiger partial charge in [-0.3, -0.25) is 4.99 Å². The van der Waals surface area contributed by atoms with Crippen LogP contribution >= 0.6 is 24.0 Å². The molecule has 1 aliphatic heterocycles. The Morgan fingerprint density at radius 2 is 2.07 bits per heavy atom. The molecule has 0 atom stereocenters. The van der Waals surface area contributed by atoms with Crippen molar-refractivity contribution in [2.75, 3.05) is 31.9 Å². The zero-order valence-corrected chi connectivity index (χ0v) is 19.9. The van der Waals surface area contributed by atoms with Gasteiger partial charge < -0.3 is 14.8 Å². The first-order chi connectivity index (χ1) is 12.8. The van der Waals surface area contributed by atoms with Crippen LogP contribution in [0.25, 0.3) is 11.0 Å². The predicted molar refractivity (Wildman–Crippen MR) is 125 cm³/mol. The number of halogens is 1. The first kappa shape index (κ1) is 22.9. The van der Waals surface area contributed by atoms with Crippen molar-refractivity contribution in [3.05, 3.63) is 30.6 Å². The van der Waals surface area contributed by atoms with E-state index in [9.17, 15) is 8.42 Å². The molecule has 1 saturated heterocycles. The molecule has 0 amide bonds. The van der Waals surface area contributed by atoms with E-state index in [-0.39, 0.29) is 29.7 Å². The van der Waals surface area contributed by atoms with Gasteiger partial charge in [-0.25, -0.2) is 13.4 Å². The highest BCUT2D eigenvalue weighted by molar-refractivity contribution is 14.0. The molecule has 2 aromatic rings. The Bertz CT molecular complexity index is 923. The number of aliphatic imine (C=N–C) groups is 1. The summed E-state index contributed by atoms with van der Waals surface area (Å²) in [5.74, 6) is 0.974. The van der Waals surface area contributed by atoms with Crippen LogP contribution in [0.1, 0.15) is 27.2 Å². The van der Waals surface area contributed by atoms with Gasteiger partial charge in [0, 0.05) is 32.7 Å². The number of aryl methyl sites for hydroxylation is 1. The second-order valence-electron chi connectivity index (χ2n) is 7.52. The fourth-order valence-electron chi connectivity index (χ4n) is 3.36. The molecular formula is C19H30IN5O2S. The number of fused-ring (bicyclic) bond motifs is 1. The third-order valence-electron chi connectivity index (χ3n) is 5.02. The molecule has 9 heteroatoms. The van der Waals surface area contributed by atoms with Gasteiger partial charge >= 0.3 is 0 Å². The average molecular weight is 519 g/mol. The SMILES string of the molecule is CCNC(=NCCCn1cnc2ccccc21)N1CCS(=O)(=O)C(C)(C)C1.I. The minimum absolute atomic E-state index is 0. The van der Waals surface area contributed by atoms with Crippen molar-refractivity contribution in [2.24, 2.45) is 4.99 Å². The number of nitrogens with one attached hydrogen (secondary N) is 1. The third kappa shape index (κ3) is 4.97. The molecule has 0 spiro atoms. The lowest BCUT2D eigenvalue weighted by Gasteiger charge is -2.39. The van der Waals surface area contributed by atoms with E-state index in [4.69, 9.17) is 4.99 Å². The summed E-state index contributed by atoms with van der Waals surface area (Å²) in [6, 6.07) is 8.10. The van der Waals surface area contributed by atoms with Crippen LogP contribution in [0.3, 0.4) is 0 Å².